The molecule has 2 aromatic carbocycles. The molecule has 0 spiro atoms. The number of benzene rings is 2. The van der Waals surface area contributed by atoms with Crippen LogP contribution in [0.15, 0.2) is 44.4 Å². The van der Waals surface area contributed by atoms with Crippen LogP contribution in [0.2, 0.25) is 0 Å². The number of amides is 1. The Labute approximate surface area is 154 Å². The molecule has 0 bridgehead atoms. The Kier molecular flexibility index (Phi) is 6.33. The van der Waals surface area contributed by atoms with Crippen molar-refractivity contribution < 1.29 is 19.0 Å². The zero-order valence-electron chi connectivity index (χ0n) is 12.5. The first-order chi connectivity index (χ1) is 11.4. The molecule has 1 amide bonds. The van der Waals surface area contributed by atoms with Crippen molar-refractivity contribution in [3.8, 4) is 11.5 Å². The topological polar surface area (TPSA) is 70.9 Å². The molecule has 0 heterocycles. The van der Waals surface area contributed by atoms with Gasteiger partial charge in [-0.2, -0.15) is 5.10 Å². The minimum Gasteiger partial charge on any atom is -0.503 e. The molecule has 126 valence electrons. The molecule has 5 nitrogen and oxygen atoms in total. The number of carbonyl (C=O) groups excluding carboxylic acids is 1. The average Bonchev–Trinajstić information content (AvgIpc) is 2.57. The number of nitrogens with zero attached hydrogens (tertiary/aromatic N) is 1. The van der Waals surface area contributed by atoms with E-state index < -0.39 is 11.7 Å². The molecule has 0 fully saturated rings. The molecule has 0 aliphatic carbocycles. The van der Waals surface area contributed by atoms with Gasteiger partial charge in [-0.3, -0.25) is 4.79 Å². The molecule has 0 radical (unpaired) electrons. The summed E-state index contributed by atoms with van der Waals surface area (Å²) in [6.45, 7) is 2.19. The molecule has 2 rings (SSSR count). The van der Waals surface area contributed by atoms with Crippen LogP contribution in [-0.2, 0) is 0 Å². The van der Waals surface area contributed by atoms with Gasteiger partial charge < -0.3 is 9.84 Å². The standard InChI is InChI=1S/C16H13Br2FN2O3/c1-2-24-12-7-10(13(17)14(18)15(12)22)8-20-21-16(23)9-3-5-11(19)6-4-9/h3-8,22H,2H2,1H3,(H,21,23)/b20-8+. The predicted octanol–water partition coefficient (Wildman–Crippen LogP) is 4.22. The lowest BCUT2D eigenvalue weighted by atomic mass is 10.2. The molecule has 0 saturated heterocycles. The highest BCUT2D eigenvalue weighted by molar-refractivity contribution is 9.13. The van der Waals surface area contributed by atoms with Crippen molar-refractivity contribution >= 4 is 44.0 Å². The number of phenolic OH excluding ortho intramolecular Hbond substituents is 1. The van der Waals surface area contributed by atoms with Crippen LogP contribution < -0.4 is 10.2 Å². The Bertz CT molecular complexity index is 780. The molecular weight excluding hydrogens is 447 g/mol. The van der Waals surface area contributed by atoms with Gasteiger partial charge in [-0.15, -0.1) is 0 Å². The number of hydrogen-bond acceptors (Lipinski definition) is 4. The third kappa shape index (κ3) is 4.33. The summed E-state index contributed by atoms with van der Waals surface area (Å²) in [5.74, 6) is -0.628. The molecule has 24 heavy (non-hydrogen) atoms. The minimum absolute atomic E-state index is 0.0313. The van der Waals surface area contributed by atoms with Crippen molar-refractivity contribution in [2.75, 3.05) is 6.61 Å². The van der Waals surface area contributed by atoms with Crippen molar-refractivity contribution in [3.63, 3.8) is 0 Å². The monoisotopic (exact) mass is 458 g/mol. The quantitative estimate of drug-likeness (QED) is 0.519. The van der Waals surface area contributed by atoms with E-state index >= 15 is 0 Å². The number of ether oxygens (including phenoxy) is 1. The van der Waals surface area contributed by atoms with Gasteiger partial charge in [-0.05, 0) is 69.1 Å². The molecule has 2 aromatic rings. The van der Waals surface area contributed by atoms with Gasteiger partial charge >= 0.3 is 0 Å². The predicted molar refractivity (Wildman–Crippen MR) is 96.1 cm³/mol. The molecule has 0 aliphatic rings. The summed E-state index contributed by atoms with van der Waals surface area (Å²) in [4.78, 5) is 11.9. The highest BCUT2D eigenvalue weighted by atomic mass is 79.9. The van der Waals surface area contributed by atoms with Crippen molar-refractivity contribution in [2.24, 2.45) is 5.10 Å². The van der Waals surface area contributed by atoms with Crippen molar-refractivity contribution in [1.29, 1.82) is 0 Å². The fraction of sp³-hybridized carbons (Fsp3) is 0.125. The minimum atomic E-state index is -0.467. The van der Waals surface area contributed by atoms with E-state index in [1.807, 2.05) is 0 Å². The third-order valence-corrected chi connectivity index (χ3v) is 5.11. The number of hydrazone groups is 1. The van der Waals surface area contributed by atoms with Gasteiger partial charge in [0.15, 0.2) is 11.5 Å². The molecule has 0 aliphatic heterocycles. The van der Waals surface area contributed by atoms with Gasteiger partial charge in [-0.25, -0.2) is 9.82 Å². The third-order valence-electron chi connectivity index (χ3n) is 2.95. The van der Waals surface area contributed by atoms with Gasteiger partial charge in [0.05, 0.1) is 17.3 Å². The van der Waals surface area contributed by atoms with Crippen LogP contribution in [0, 0.1) is 5.82 Å². The summed E-state index contributed by atoms with van der Waals surface area (Å²) in [5.41, 5.74) is 3.22. The van der Waals surface area contributed by atoms with Crippen LogP contribution >= 0.6 is 31.9 Å². The summed E-state index contributed by atoms with van der Waals surface area (Å²) in [6.07, 6.45) is 1.40. The molecule has 8 heteroatoms. The van der Waals surface area contributed by atoms with Crippen LogP contribution in [0.1, 0.15) is 22.8 Å². The molecule has 2 N–H and O–H groups in total. The van der Waals surface area contributed by atoms with Gasteiger partial charge in [0.25, 0.3) is 5.91 Å². The maximum atomic E-state index is 12.8. The van der Waals surface area contributed by atoms with E-state index in [4.69, 9.17) is 4.74 Å². The van der Waals surface area contributed by atoms with Gasteiger partial charge in [0.1, 0.15) is 5.82 Å². The van der Waals surface area contributed by atoms with Gasteiger partial charge in [0, 0.05) is 15.6 Å². The molecule has 0 aromatic heterocycles. The first-order valence-electron chi connectivity index (χ1n) is 6.86. The zero-order chi connectivity index (χ0) is 17.7. The largest absolute Gasteiger partial charge is 0.503 e. The van der Waals surface area contributed by atoms with Crippen molar-refractivity contribution in [2.45, 2.75) is 6.92 Å². The Balaban J connectivity index is 2.16. The molecular formula is C16H13Br2FN2O3. The van der Waals surface area contributed by atoms with Crippen LogP contribution in [0.5, 0.6) is 11.5 Å². The Morgan fingerprint density at radius 1 is 1.33 bits per heavy atom. The van der Waals surface area contributed by atoms with E-state index in [1.54, 1.807) is 13.0 Å². The summed E-state index contributed by atoms with van der Waals surface area (Å²) >= 11 is 6.58. The fourth-order valence-corrected chi connectivity index (χ4v) is 2.63. The highest BCUT2D eigenvalue weighted by Gasteiger charge is 2.14. The lowest BCUT2D eigenvalue weighted by Crippen LogP contribution is -2.17. The summed E-state index contributed by atoms with van der Waals surface area (Å²) in [5, 5.41) is 13.8. The SMILES string of the molecule is CCOc1cc(/C=N/NC(=O)c2ccc(F)cc2)c(Br)c(Br)c1O. The van der Waals surface area contributed by atoms with E-state index in [1.165, 1.54) is 30.5 Å². The maximum Gasteiger partial charge on any atom is 0.271 e. The van der Waals surface area contributed by atoms with Crippen molar-refractivity contribution in [3.05, 3.63) is 56.2 Å². The van der Waals surface area contributed by atoms with E-state index in [9.17, 15) is 14.3 Å². The molecule has 0 atom stereocenters. The van der Waals surface area contributed by atoms with E-state index in [-0.39, 0.29) is 11.3 Å². The van der Waals surface area contributed by atoms with Gasteiger partial charge in [0.2, 0.25) is 0 Å². The number of rotatable bonds is 5. The maximum absolute atomic E-state index is 12.8. The fourth-order valence-electron chi connectivity index (χ4n) is 1.80. The molecule has 0 unspecified atom stereocenters. The summed E-state index contributed by atoms with van der Waals surface area (Å²) in [6, 6.07) is 6.70. The number of phenols is 1. The van der Waals surface area contributed by atoms with E-state index in [0.717, 1.165) is 0 Å². The smallest absolute Gasteiger partial charge is 0.271 e. The Morgan fingerprint density at radius 2 is 2.00 bits per heavy atom. The van der Waals surface area contributed by atoms with Gasteiger partial charge in [-0.1, -0.05) is 0 Å². The highest BCUT2D eigenvalue weighted by Crippen LogP contribution is 2.41. The second-order valence-electron chi connectivity index (χ2n) is 4.58. The normalized spacial score (nSPS) is 10.8. The number of nitrogens with one attached hydrogen (secondary N) is 1. The van der Waals surface area contributed by atoms with Crippen LogP contribution in [0.3, 0.4) is 0 Å². The summed E-state index contributed by atoms with van der Waals surface area (Å²) < 4.78 is 19.1. The second kappa shape index (κ2) is 8.25. The average molecular weight is 460 g/mol. The van der Waals surface area contributed by atoms with E-state index in [2.05, 4.69) is 42.4 Å². The van der Waals surface area contributed by atoms with E-state index in [0.29, 0.717) is 26.9 Å². The summed E-state index contributed by atoms with van der Waals surface area (Å²) in [7, 11) is 0. The Morgan fingerprint density at radius 3 is 2.62 bits per heavy atom. The lowest BCUT2D eigenvalue weighted by molar-refractivity contribution is 0.0955. The van der Waals surface area contributed by atoms with Crippen molar-refractivity contribution in [1.82, 2.24) is 5.43 Å². The molecule has 0 saturated carbocycles. The number of carbonyl (C=O) groups is 1. The first kappa shape index (κ1) is 18.4. The zero-order valence-corrected chi connectivity index (χ0v) is 15.7. The van der Waals surface area contributed by atoms with Crippen LogP contribution in [0.25, 0.3) is 0 Å². The Hall–Kier alpha value is -1.93. The number of halogens is 3. The number of hydrogen-bond donors (Lipinski definition) is 2. The second-order valence-corrected chi connectivity index (χ2v) is 6.17. The first-order valence-corrected chi connectivity index (χ1v) is 8.45. The number of aromatic hydroxyl groups is 1. The van der Waals surface area contributed by atoms with Crippen LogP contribution in [-0.4, -0.2) is 23.8 Å². The van der Waals surface area contributed by atoms with Crippen LogP contribution in [0.4, 0.5) is 4.39 Å². The lowest BCUT2D eigenvalue weighted by Gasteiger charge is -2.10.